The number of ketones is 1. The molecule has 2 saturated heterocycles. The van der Waals surface area contributed by atoms with Crippen molar-refractivity contribution in [3.8, 4) is 11.5 Å². The number of amides is 10. The number of fused-ring (bicyclic) bond motifs is 6. The van der Waals surface area contributed by atoms with Crippen LogP contribution in [-0.4, -0.2) is 287 Å². The first-order chi connectivity index (χ1) is 57.7. The molecule has 1 aromatic heterocycles. The number of carbonyl (C=O) groups is 11. The van der Waals surface area contributed by atoms with Gasteiger partial charge in [0.2, 0.25) is 29.9 Å². The molecule has 4 aliphatic heterocycles. The summed E-state index contributed by atoms with van der Waals surface area (Å²) in [5, 5.41) is 51.4. The molecular formula is C82H100Cl2N9O25S2Y-. The first-order valence-corrected chi connectivity index (χ1v) is 41.6. The second kappa shape index (κ2) is 47.0. The topological polar surface area (TPSA) is 439 Å². The number of halogens is 2. The summed E-state index contributed by atoms with van der Waals surface area (Å²) in [6.07, 6.45) is -10.7. The van der Waals surface area contributed by atoms with Crippen LogP contribution in [0.3, 0.4) is 0 Å². The van der Waals surface area contributed by atoms with E-state index in [1.807, 2.05) is 12.1 Å². The van der Waals surface area contributed by atoms with E-state index in [-0.39, 0.29) is 199 Å². The fourth-order valence-corrected chi connectivity index (χ4v) is 15.8. The molecule has 6 aromatic rings. The minimum atomic E-state index is -1.96. The molecule has 10 amide bonds. The number of alkyl halides is 2. The zero-order chi connectivity index (χ0) is 86.3. The summed E-state index contributed by atoms with van der Waals surface area (Å²) in [6.45, 7) is 7.37. The van der Waals surface area contributed by atoms with E-state index in [1.54, 1.807) is 92.7 Å². The Morgan fingerprint density at radius 2 is 1.17 bits per heavy atom. The average Bonchev–Trinajstić information content (AvgIpc) is 1.61. The minimum Gasteiger partial charge on any atom is -0.779 e. The molecule has 1 radical (unpaired) electrons. The van der Waals surface area contributed by atoms with E-state index in [0.717, 1.165) is 21.8 Å². The van der Waals surface area contributed by atoms with Gasteiger partial charge in [0.05, 0.1) is 113 Å². The maximum Gasteiger partial charge on any atom is 0.415 e. The molecule has 5 heterocycles. The maximum atomic E-state index is 14.9. The zero-order valence-corrected chi connectivity index (χ0v) is 73.3. The van der Waals surface area contributed by atoms with Crippen molar-refractivity contribution in [1.82, 2.24) is 25.3 Å². The molecule has 2 fully saturated rings. The van der Waals surface area contributed by atoms with Crippen molar-refractivity contribution < 1.29 is 153 Å². The number of aliphatic hydroxyl groups is 3. The van der Waals surface area contributed by atoms with Crippen LogP contribution in [0.2, 0.25) is 0 Å². The first kappa shape index (κ1) is 96.5. The number of nitrogens with one attached hydrogen (secondary N) is 3. The number of aliphatic hydroxyl groups excluding tert-OH is 3. The van der Waals surface area contributed by atoms with E-state index in [0.29, 0.717) is 109 Å². The number of urea groups is 1. The number of Topliss-reactive ketones (excluding diaryl/α,β-unsaturated/α-hetero) is 1. The summed E-state index contributed by atoms with van der Waals surface area (Å²) in [7, 11) is 2.99. The van der Waals surface area contributed by atoms with Gasteiger partial charge >= 0.3 is 24.2 Å². The van der Waals surface area contributed by atoms with E-state index in [9.17, 15) is 73.2 Å². The van der Waals surface area contributed by atoms with Gasteiger partial charge in [-0.1, -0.05) is 79.8 Å². The van der Waals surface area contributed by atoms with Crippen molar-refractivity contribution in [1.29, 1.82) is 0 Å². The number of carboxylic acid groups (broad SMARTS) is 1. The molecule has 0 spiro atoms. The van der Waals surface area contributed by atoms with Crippen molar-refractivity contribution >= 4 is 151 Å². The number of hydrogen-bond acceptors (Lipinski definition) is 26. The molecule has 10 rings (SSSR count). The number of anilines is 3. The standard InChI is InChI=1S/C82H101Cl2N9O25S2.Y/c1-47(2)69(88-65(95)21-26-109-28-30-111-32-34-113-36-37-114-35-33-112-31-29-110-27-25-91-66(96)41-62(119)75(91)101)59(94)38-49(10-9-22-86-80(85)106)74(100)87-52-17-15-48(16-18-52)46-115-81(107)89(3)23-24-90(4)82(108)117-61-40-58-68(56-14-8-6-12-54(56)61)51(43-84)45-93(58)77(103)64-20-19-63(120-64)76(102)92-44-50(42-83)67-55-13-7-5-11-53(55)60(39-57(67)92)116-79-72(99)70(97)71(98)73(118-79)78(104)105;/h5-8,11-20,39-40,47,49-51,62,69-73,79,97-99,119H,9-10,21-38,41-46H2,1-4H3,(H,87,100)(H,88,95)(H,104,105)(H3,85,86,106);/p-1/t49-,50-,51-,62?,69+,70?,71+,72+,73?,79-;/m1./s1. The summed E-state index contributed by atoms with van der Waals surface area (Å²) >= 11 is 19.2. The largest absolute Gasteiger partial charge is 0.779 e. The van der Waals surface area contributed by atoms with Crippen LogP contribution in [0, 0.1) is 11.8 Å². The number of ether oxygens (including phenoxy) is 10. The maximum absolute atomic E-state index is 14.9. The van der Waals surface area contributed by atoms with E-state index >= 15 is 0 Å². The van der Waals surface area contributed by atoms with Crippen LogP contribution in [0.25, 0.3) is 21.5 Å². The molecule has 3 unspecified atom stereocenters. The number of thiophene rings is 1. The van der Waals surface area contributed by atoms with Crippen LogP contribution < -0.4 is 41.0 Å². The number of aliphatic carboxylic acids is 1. The van der Waals surface area contributed by atoms with Gasteiger partial charge in [-0.25, -0.2) is 19.2 Å². The average molecular weight is 1840 g/mol. The predicted octanol–water partition coefficient (Wildman–Crippen LogP) is 6.26. The Kier molecular flexibility index (Phi) is 37.5. The molecular weight excluding hydrogens is 1730 g/mol. The minimum absolute atomic E-state index is 0. The van der Waals surface area contributed by atoms with E-state index in [1.165, 1.54) is 39.8 Å². The second-order valence-electron chi connectivity index (χ2n) is 29.3. The summed E-state index contributed by atoms with van der Waals surface area (Å²) in [4.78, 5) is 152. The molecule has 121 heavy (non-hydrogen) atoms. The third-order valence-corrected chi connectivity index (χ3v) is 22.7. The molecule has 34 nitrogen and oxygen atoms in total. The number of nitrogens with zero attached hydrogens (tertiary/aromatic N) is 5. The van der Waals surface area contributed by atoms with Gasteiger partial charge < -0.3 is 122 Å². The Morgan fingerprint density at radius 3 is 1.67 bits per heavy atom. The van der Waals surface area contributed by atoms with Gasteiger partial charge in [-0.2, -0.15) is 0 Å². The van der Waals surface area contributed by atoms with E-state index in [2.05, 4.69) is 16.0 Å². The molecule has 0 aliphatic carbocycles. The number of hydrogen-bond donors (Lipinski definition) is 8. The van der Waals surface area contributed by atoms with Crippen molar-refractivity contribution in [2.75, 3.05) is 160 Å². The summed E-state index contributed by atoms with van der Waals surface area (Å²) in [6, 6.07) is 25.3. The first-order valence-electron chi connectivity index (χ1n) is 39.3. The number of benzene rings is 5. The van der Waals surface area contributed by atoms with Gasteiger partial charge in [0.1, 0.15) is 36.4 Å². The van der Waals surface area contributed by atoms with Crippen molar-refractivity contribution in [3.63, 3.8) is 0 Å². The second-order valence-corrected chi connectivity index (χ2v) is 31.6. The van der Waals surface area contributed by atoms with Crippen molar-refractivity contribution in [2.24, 2.45) is 17.6 Å². The number of primary amides is 1. The molecule has 4 aliphatic rings. The van der Waals surface area contributed by atoms with Crippen LogP contribution >= 0.6 is 34.5 Å². The Hall–Kier alpha value is -8.28. The summed E-state index contributed by atoms with van der Waals surface area (Å²) < 4.78 is 56.3. The van der Waals surface area contributed by atoms with Gasteiger partial charge in [0, 0.05) is 157 Å². The van der Waals surface area contributed by atoms with Gasteiger partial charge in [-0.3, -0.25) is 38.5 Å². The Labute approximate surface area is 743 Å². The van der Waals surface area contributed by atoms with Crippen LogP contribution in [0.1, 0.15) is 93.8 Å². The van der Waals surface area contributed by atoms with E-state index < -0.39 is 95.7 Å². The molecule has 653 valence electrons. The Balaban J connectivity index is 0.0000166. The number of imide groups is 1. The Bertz CT molecular complexity index is 4610. The van der Waals surface area contributed by atoms with Crippen LogP contribution in [-0.2, 0) is 119 Å². The number of likely N-dealkylation sites (N-methyl/N-ethyl adjacent to an activating group) is 2. The fraction of sp³-hybridized carbons (Fsp3) is 0.500. The molecule has 39 heteroatoms. The monoisotopic (exact) mass is 1830 g/mol. The number of carboxylic acids is 1. The van der Waals surface area contributed by atoms with Crippen LogP contribution in [0.15, 0.2) is 97.1 Å². The molecule has 10 atom stereocenters. The number of nitrogens with two attached hydrogens (primary N) is 1. The summed E-state index contributed by atoms with van der Waals surface area (Å²) in [5.74, 6) is -5.96. The quantitative estimate of drug-likeness (QED) is 0.00905. The van der Waals surface area contributed by atoms with Crippen molar-refractivity contribution in [2.45, 2.75) is 106 Å². The fourth-order valence-electron chi connectivity index (χ4n) is 14.1. The smallest absolute Gasteiger partial charge is 0.415 e. The van der Waals surface area contributed by atoms with Gasteiger partial charge in [-0.15, -0.1) is 34.5 Å². The molecule has 0 bridgehead atoms. The molecule has 0 saturated carbocycles. The Morgan fingerprint density at radius 1 is 0.661 bits per heavy atom. The third-order valence-electron chi connectivity index (χ3n) is 20.6. The van der Waals surface area contributed by atoms with Crippen LogP contribution in [0.5, 0.6) is 11.5 Å². The third kappa shape index (κ3) is 25.7. The van der Waals surface area contributed by atoms with Crippen molar-refractivity contribution in [3.05, 3.63) is 124 Å². The number of likely N-dealkylation sites (tertiary alicyclic amines) is 1. The molecule has 9 N–H and O–H groups in total. The predicted molar refractivity (Wildman–Crippen MR) is 443 cm³/mol. The van der Waals surface area contributed by atoms with Gasteiger partial charge in [0.15, 0.2) is 11.9 Å². The van der Waals surface area contributed by atoms with E-state index in [4.69, 9.17) is 88.9 Å². The SMILES string of the molecule is CC(C)[C@H](NC(=O)CCOCCOCCOCCOCCOCCOCCN1C(=O)CC([S-])C1=O)C(=O)C[C@@H](CCCNC(N)=O)C(=O)Nc1ccc(COC(=O)N(C)CCN(C)C(=O)Oc2cc3c(c4ccccc24)[C@H](CCl)CN3C(=O)c2ccc(C(=O)N3C[C@@H](CCl)c4c3cc(O[C@@H]3OC(C(=O)O)[C@@H](O)C(O)[C@@H]3O)c3ccccc43)s2)cc1.[Y]. The zero-order valence-electron chi connectivity index (χ0n) is 67.3. The summed E-state index contributed by atoms with van der Waals surface area (Å²) in [5.41, 5.74) is 8.50. The number of rotatable bonds is 45. The van der Waals surface area contributed by atoms with Gasteiger partial charge in [-0.05, 0) is 70.5 Å². The number of carbonyl (C=O) groups excluding carboxylic acids is 10. The van der Waals surface area contributed by atoms with Crippen LogP contribution in [0.4, 0.5) is 31.4 Å². The van der Waals surface area contributed by atoms with Gasteiger partial charge in [0.25, 0.3) is 11.8 Å². The normalized spacial score (nSPS) is 19.1. The molecule has 5 aromatic carbocycles.